The molecule has 0 heterocycles. The molecule has 16 heavy (non-hydrogen) atoms. The highest BCUT2D eigenvalue weighted by Crippen LogP contribution is 2.17. The number of hydrogen-bond donors (Lipinski definition) is 3. The number of amides is 1. The highest BCUT2D eigenvalue weighted by molar-refractivity contribution is 5.81. The molecule has 4 heteroatoms. The summed E-state index contributed by atoms with van der Waals surface area (Å²) in [4.78, 5) is 11.7. The topological polar surface area (TPSA) is 81.1 Å². The third-order valence-corrected chi connectivity index (χ3v) is 3.26. The molecule has 0 unspecified atom stereocenters. The zero-order valence-electron chi connectivity index (χ0n) is 10.1. The number of hydrogen-bond acceptors (Lipinski definition) is 3. The molecule has 4 nitrogen and oxygen atoms in total. The minimum atomic E-state index is -0.353. The van der Waals surface area contributed by atoms with Crippen LogP contribution < -0.4 is 16.8 Å². The summed E-state index contributed by atoms with van der Waals surface area (Å²) in [5.41, 5.74) is 11.2. The van der Waals surface area contributed by atoms with E-state index in [1.54, 1.807) is 0 Å². The fourth-order valence-electron chi connectivity index (χ4n) is 2.19. The molecule has 1 aliphatic rings. The Kier molecular flexibility index (Phi) is 6.42. The number of carbonyl (C=O) groups is 1. The van der Waals surface area contributed by atoms with E-state index in [4.69, 9.17) is 11.5 Å². The molecule has 1 aliphatic carbocycles. The number of rotatable bonds is 6. The van der Waals surface area contributed by atoms with Crippen LogP contribution in [0.2, 0.25) is 0 Å². The van der Waals surface area contributed by atoms with Gasteiger partial charge in [0.15, 0.2) is 0 Å². The van der Waals surface area contributed by atoms with E-state index in [1.165, 1.54) is 19.3 Å². The Balaban J connectivity index is 2.16. The SMILES string of the molecule is NCCCC[C@H](N)C(=O)NC1CCCCC1. The van der Waals surface area contributed by atoms with Gasteiger partial charge in [-0.15, -0.1) is 0 Å². The first kappa shape index (κ1) is 13.5. The summed E-state index contributed by atoms with van der Waals surface area (Å²) >= 11 is 0. The van der Waals surface area contributed by atoms with Crippen LogP contribution in [-0.4, -0.2) is 24.5 Å². The van der Waals surface area contributed by atoms with Crippen LogP contribution in [0.3, 0.4) is 0 Å². The van der Waals surface area contributed by atoms with Crippen LogP contribution >= 0.6 is 0 Å². The molecule has 0 bridgehead atoms. The van der Waals surface area contributed by atoms with E-state index in [9.17, 15) is 4.79 Å². The average molecular weight is 227 g/mol. The first-order valence-electron chi connectivity index (χ1n) is 6.50. The molecule has 1 atom stereocenters. The smallest absolute Gasteiger partial charge is 0.237 e. The van der Waals surface area contributed by atoms with Gasteiger partial charge in [-0.2, -0.15) is 0 Å². The van der Waals surface area contributed by atoms with Crippen LogP contribution in [0, 0.1) is 0 Å². The molecule has 5 N–H and O–H groups in total. The molecule has 1 amide bonds. The predicted octanol–water partition coefficient (Wildman–Crippen LogP) is 0.892. The van der Waals surface area contributed by atoms with Gasteiger partial charge in [-0.3, -0.25) is 4.79 Å². The summed E-state index contributed by atoms with van der Waals surface area (Å²) in [7, 11) is 0. The lowest BCUT2D eigenvalue weighted by atomic mass is 9.95. The number of nitrogens with two attached hydrogens (primary N) is 2. The molecule has 0 aromatic heterocycles. The maximum atomic E-state index is 11.7. The van der Waals surface area contributed by atoms with Gasteiger partial charge in [0.2, 0.25) is 5.91 Å². The second kappa shape index (κ2) is 7.63. The van der Waals surface area contributed by atoms with Crippen molar-refractivity contribution in [3.05, 3.63) is 0 Å². The maximum Gasteiger partial charge on any atom is 0.237 e. The van der Waals surface area contributed by atoms with E-state index in [-0.39, 0.29) is 11.9 Å². The molecule has 0 aliphatic heterocycles. The Morgan fingerprint density at radius 3 is 2.56 bits per heavy atom. The molecule has 1 saturated carbocycles. The summed E-state index contributed by atoms with van der Waals surface area (Å²) in [5.74, 6) is 0.0175. The Labute approximate surface area is 98.1 Å². The lowest BCUT2D eigenvalue weighted by Gasteiger charge is -2.24. The third-order valence-electron chi connectivity index (χ3n) is 3.26. The van der Waals surface area contributed by atoms with Crippen molar-refractivity contribution in [2.24, 2.45) is 11.5 Å². The molecule has 0 aromatic carbocycles. The second-order valence-corrected chi connectivity index (χ2v) is 4.73. The Morgan fingerprint density at radius 2 is 1.94 bits per heavy atom. The van der Waals surface area contributed by atoms with E-state index < -0.39 is 0 Å². The van der Waals surface area contributed by atoms with E-state index in [0.29, 0.717) is 12.6 Å². The fraction of sp³-hybridized carbons (Fsp3) is 0.917. The van der Waals surface area contributed by atoms with Gasteiger partial charge in [0.1, 0.15) is 0 Å². The van der Waals surface area contributed by atoms with Gasteiger partial charge in [0.05, 0.1) is 6.04 Å². The lowest BCUT2D eigenvalue weighted by molar-refractivity contribution is -0.123. The van der Waals surface area contributed by atoms with E-state index in [1.807, 2.05) is 0 Å². The molecule has 94 valence electrons. The zero-order chi connectivity index (χ0) is 11.8. The number of nitrogens with one attached hydrogen (secondary N) is 1. The normalized spacial score (nSPS) is 19.4. The minimum Gasteiger partial charge on any atom is -0.352 e. The average Bonchev–Trinajstić information content (AvgIpc) is 2.30. The van der Waals surface area contributed by atoms with E-state index in [2.05, 4.69) is 5.32 Å². The van der Waals surface area contributed by atoms with Gasteiger partial charge >= 0.3 is 0 Å². The quantitative estimate of drug-likeness (QED) is 0.589. The van der Waals surface area contributed by atoms with Crippen LogP contribution in [0.15, 0.2) is 0 Å². The zero-order valence-corrected chi connectivity index (χ0v) is 10.1. The highest BCUT2D eigenvalue weighted by Gasteiger charge is 2.19. The van der Waals surface area contributed by atoms with Gasteiger partial charge in [-0.1, -0.05) is 25.7 Å². The highest BCUT2D eigenvalue weighted by atomic mass is 16.2. The molecular weight excluding hydrogens is 202 g/mol. The fourth-order valence-corrected chi connectivity index (χ4v) is 2.19. The van der Waals surface area contributed by atoms with Crippen LogP contribution in [0.25, 0.3) is 0 Å². The first-order valence-corrected chi connectivity index (χ1v) is 6.50. The minimum absolute atomic E-state index is 0.0175. The summed E-state index contributed by atoms with van der Waals surface area (Å²) in [6, 6.07) is 0.00952. The van der Waals surface area contributed by atoms with Crippen molar-refractivity contribution in [3.63, 3.8) is 0 Å². The van der Waals surface area contributed by atoms with Crippen molar-refractivity contribution in [2.75, 3.05) is 6.54 Å². The van der Waals surface area contributed by atoms with Crippen LogP contribution in [-0.2, 0) is 4.79 Å². The maximum absolute atomic E-state index is 11.7. The molecule has 0 saturated heterocycles. The van der Waals surface area contributed by atoms with Gasteiger partial charge < -0.3 is 16.8 Å². The standard InChI is InChI=1S/C12H25N3O/c13-9-5-4-8-11(14)12(16)15-10-6-2-1-3-7-10/h10-11H,1-9,13-14H2,(H,15,16)/t11-/m0/s1. The Morgan fingerprint density at radius 1 is 1.25 bits per heavy atom. The third kappa shape index (κ3) is 4.94. The first-order chi connectivity index (χ1) is 7.74. The molecule has 1 fully saturated rings. The molecular formula is C12H25N3O. The van der Waals surface area contributed by atoms with Crippen molar-refractivity contribution in [2.45, 2.75) is 63.5 Å². The lowest BCUT2D eigenvalue weighted by Crippen LogP contribution is -2.45. The summed E-state index contributed by atoms with van der Waals surface area (Å²) in [5, 5.41) is 3.05. The van der Waals surface area contributed by atoms with Crippen LogP contribution in [0.4, 0.5) is 0 Å². The summed E-state index contributed by atoms with van der Waals surface area (Å²) in [6.45, 7) is 0.678. The Hall–Kier alpha value is -0.610. The van der Waals surface area contributed by atoms with Crippen molar-refractivity contribution >= 4 is 5.91 Å². The predicted molar refractivity (Wildman–Crippen MR) is 65.9 cm³/mol. The van der Waals surface area contributed by atoms with Gasteiger partial charge in [0, 0.05) is 6.04 Å². The second-order valence-electron chi connectivity index (χ2n) is 4.73. The van der Waals surface area contributed by atoms with Crippen LogP contribution in [0.5, 0.6) is 0 Å². The number of unbranched alkanes of at least 4 members (excludes halogenated alkanes) is 1. The monoisotopic (exact) mass is 227 g/mol. The van der Waals surface area contributed by atoms with E-state index >= 15 is 0 Å². The summed E-state index contributed by atoms with van der Waals surface area (Å²) in [6.07, 6.45) is 8.62. The molecule has 1 rings (SSSR count). The molecule has 0 radical (unpaired) electrons. The van der Waals surface area contributed by atoms with Crippen molar-refractivity contribution in [1.82, 2.24) is 5.32 Å². The Bertz CT molecular complexity index is 202. The van der Waals surface area contributed by atoms with Gasteiger partial charge in [-0.05, 0) is 32.2 Å². The van der Waals surface area contributed by atoms with Gasteiger partial charge in [0.25, 0.3) is 0 Å². The van der Waals surface area contributed by atoms with Crippen molar-refractivity contribution < 1.29 is 4.79 Å². The van der Waals surface area contributed by atoms with Crippen molar-refractivity contribution in [1.29, 1.82) is 0 Å². The number of carbonyl (C=O) groups excluding carboxylic acids is 1. The largest absolute Gasteiger partial charge is 0.352 e. The molecule has 0 spiro atoms. The van der Waals surface area contributed by atoms with E-state index in [0.717, 1.165) is 32.1 Å². The summed E-state index contributed by atoms with van der Waals surface area (Å²) < 4.78 is 0. The van der Waals surface area contributed by atoms with Crippen LogP contribution in [0.1, 0.15) is 51.4 Å². The molecule has 0 aromatic rings. The van der Waals surface area contributed by atoms with Gasteiger partial charge in [-0.25, -0.2) is 0 Å². The van der Waals surface area contributed by atoms with Crippen molar-refractivity contribution in [3.8, 4) is 0 Å².